The van der Waals surface area contributed by atoms with E-state index in [1.165, 1.54) is 0 Å². The molecule has 7 nitrogen and oxygen atoms in total. The molecule has 3 rings (SSSR count). The van der Waals surface area contributed by atoms with Gasteiger partial charge in [-0.2, -0.15) is 15.4 Å². The van der Waals surface area contributed by atoms with Crippen LogP contribution < -0.4 is 0 Å². The number of nitrogens with zero attached hydrogens (tertiary/aromatic N) is 5. The molecule has 2 aromatic rings. The minimum atomic E-state index is -0.944. The lowest BCUT2D eigenvalue weighted by Gasteiger charge is -2.37. The molecule has 1 atom stereocenters. The summed E-state index contributed by atoms with van der Waals surface area (Å²) in [5.41, 5.74) is -0.347. The zero-order valence-corrected chi connectivity index (χ0v) is 12.0. The van der Waals surface area contributed by atoms with Crippen LogP contribution in [0.15, 0.2) is 12.4 Å². The fourth-order valence-electron chi connectivity index (χ4n) is 2.66. The van der Waals surface area contributed by atoms with Gasteiger partial charge < -0.3 is 9.67 Å². The summed E-state index contributed by atoms with van der Waals surface area (Å²) in [6.07, 6.45) is 4.82. The molecule has 0 bridgehead atoms. The number of aromatic amines is 1. The van der Waals surface area contributed by atoms with Crippen LogP contribution >= 0.6 is 11.6 Å². The number of halogens is 1. The van der Waals surface area contributed by atoms with Gasteiger partial charge in [0.2, 0.25) is 0 Å². The molecule has 0 amide bonds. The van der Waals surface area contributed by atoms with Crippen molar-refractivity contribution in [2.45, 2.75) is 25.0 Å². The Hall–Kier alpha value is -1.44. The molecule has 0 radical (unpaired) electrons. The standard InChI is InChI=1S/C12H17ClN6O/c1-18-10(13)6-14-11(18)7-19-4-2-3-12(20,8-19)9-5-15-17-16-9/h5-6,20H,2-4,7-8H2,1H3,(H,15,16,17). The first-order chi connectivity index (χ1) is 9.58. The van der Waals surface area contributed by atoms with Crippen LogP contribution in [0.25, 0.3) is 0 Å². The molecule has 20 heavy (non-hydrogen) atoms. The van der Waals surface area contributed by atoms with E-state index in [9.17, 15) is 5.11 Å². The number of β-amino-alcohol motifs (C(OH)–C–C–N with tert-alkyl or cyclic N) is 1. The number of piperidine rings is 1. The second-order valence-corrected chi connectivity index (χ2v) is 5.64. The first-order valence-electron chi connectivity index (χ1n) is 6.55. The summed E-state index contributed by atoms with van der Waals surface area (Å²) in [7, 11) is 1.89. The third-order valence-corrected chi connectivity index (χ3v) is 4.19. The Bertz CT molecular complexity index is 583. The molecular formula is C12H17ClN6O. The fourth-order valence-corrected chi connectivity index (χ4v) is 2.81. The number of aromatic nitrogens is 5. The van der Waals surface area contributed by atoms with E-state index in [1.54, 1.807) is 12.4 Å². The van der Waals surface area contributed by atoms with E-state index in [0.717, 1.165) is 18.8 Å². The molecule has 1 saturated heterocycles. The zero-order chi connectivity index (χ0) is 14.2. The maximum atomic E-state index is 10.7. The number of hydrogen-bond acceptors (Lipinski definition) is 5. The summed E-state index contributed by atoms with van der Waals surface area (Å²) in [5.74, 6) is 0.888. The van der Waals surface area contributed by atoms with Crippen molar-refractivity contribution in [1.82, 2.24) is 29.9 Å². The maximum absolute atomic E-state index is 10.7. The first kappa shape index (κ1) is 13.5. The number of aliphatic hydroxyl groups is 1. The molecular weight excluding hydrogens is 280 g/mol. The molecule has 1 fully saturated rings. The lowest BCUT2D eigenvalue weighted by molar-refractivity contribution is -0.0422. The van der Waals surface area contributed by atoms with E-state index in [4.69, 9.17) is 11.6 Å². The van der Waals surface area contributed by atoms with Crippen LogP contribution in [-0.4, -0.2) is 48.1 Å². The Labute approximate surface area is 121 Å². The molecule has 0 saturated carbocycles. The second-order valence-electron chi connectivity index (χ2n) is 5.26. The van der Waals surface area contributed by atoms with Crippen LogP contribution in [0.3, 0.4) is 0 Å². The molecule has 0 spiro atoms. The van der Waals surface area contributed by atoms with Gasteiger partial charge in [-0.1, -0.05) is 11.6 Å². The summed E-state index contributed by atoms with van der Waals surface area (Å²) in [5, 5.41) is 21.7. The predicted octanol–water partition coefficient (Wildman–Crippen LogP) is 0.675. The van der Waals surface area contributed by atoms with Gasteiger partial charge in [0.15, 0.2) is 0 Å². The number of H-pyrrole nitrogens is 1. The third-order valence-electron chi connectivity index (χ3n) is 3.83. The molecule has 0 aliphatic carbocycles. The highest BCUT2D eigenvalue weighted by molar-refractivity contribution is 6.29. The van der Waals surface area contributed by atoms with E-state index >= 15 is 0 Å². The van der Waals surface area contributed by atoms with Crippen molar-refractivity contribution in [2.75, 3.05) is 13.1 Å². The minimum Gasteiger partial charge on any atom is -0.382 e. The van der Waals surface area contributed by atoms with Gasteiger partial charge >= 0.3 is 0 Å². The minimum absolute atomic E-state index is 0.518. The normalized spacial score (nSPS) is 24.1. The van der Waals surface area contributed by atoms with E-state index in [1.807, 2.05) is 11.6 Å². The van der Waals surface area contributed by atoms with Crippen LogP contribution in [0, 0.1) is 0 Å². The molecule has 2 N–H and O–H groups in total. The monoisotopic (exact) mass is 296 g/mol. The summed E-state index contributed by atoms with van der Waals surface area (Å²) < 4.78 is 1.85. The van der Waals surface area contributed by atoms with Crippen molar-refractivity contribution in [3.8, 4) is 0 Å². The molecule has 108 valence electrons. The van der Waals surface area contributed by atoms with Gasteiger partial charge in [-0.3, -0.25) is 4.90 Å². The Morgan fingerprint density at radius 2 is 2.35 bits per heavy atom. The lowest BCUT2D eigenvalue weighted by atomic mass is 9.90. The Morgan fingerprint density at radius 3 is 3.00 bits per heavy atom. The average Bonchev–Trinajstić information content (AvgIpc) is 3.05. The second kappa shape index (κ2) is 5.16. The van der Waals surface area contributed by atoms with Gasteiger partial charge in [0.25, 0.3) is 0 Å². The maximum Gasteiger partial charge on any atom is 0.128 e. The van der Waals surface area contributed by atoms with Gasteiger partial charge in [-0.25, -0.2) is 4.98 Å². The Kier molecular flexibility index (Phi) is 3.49. The summed E-state index contributed by atoms with van der Waals surface area (Å²) in [6, 6.07) is 0. The van der Waals surface area contributed by atoms with Gasteiger partial charge in [0.1, 0.15) is 22.3 Å². The van der Waals surface area contributed by atoms with E-state index < -0.39 is 5.60 Å². The molecule has 8 heteroatoms. The molecule has 1 unspecified atom stereocenters. The quantitative estimate of drug-likeness (QED) is 0.870. The molecule has 2 aromatic heterocycles. The van der Waals surface area contributed by atoms with E-state index in [-0.39, 0.29) is 0 Å². The van der Waals surface area contributed by atoms with Crippen LogP contribution in [0.4, 0.5) is 0 Å². The number of hydrogen-bond donors (Lipinski definition) is 2. The van der Waals surface area contributed by atoms with Crippen LogP contribution in [0.2, 0.25) is 5.15 Å². The smallest absolute Gasteiger partial charge is 0.128 e. The highest BCUT2D eigenvalue weighted by atomic mass is 35.5. The van der Waals surface area contributed by atoms with Gasteiger partial charge in [0, 0.05) is 13.6 Å². The van der Waals surface area contributed by atoms with Crippen molar-refractivity contribution in [3.63, 3.8) is 0 Å². The highest BCUT2D eigenvalue weighted by Crippen LogP contribution is 2.30. The van der Waals surface area contributed by atoms with Gasteiger partial charge in [-0.05, 0) is 19.4 Å². The third kappa shape index (κ3) is 2.44. The molecule has 3 heterocycles. The topological polar surface area (TPSA) is 82.9 Å². The Morgan fingerprint density at radius 1 is 1.50 bits per heavy atom. The number of imidazole rings is 1. The Balaban J connectivity index is 1.74. The average molecular weight is 297 g/mol. The van der Waals surface area contributed by atoms with Crippen molar-refractivity contribution < 1.29 is 5.11 Å². The first-order valence-corrected chi connectivity index (χ1v) is 6.93. The van der Waals surface area contributed by atoms with Gasteiger partial charge in [0.05, 0.1) is 18.9 Å². The molecule has 1 aliphatic heterocycles. The summed E-state index contributed by atoms with van der Waals surface area (Å²) >= 11 is 5.99. The van der Waals surface area contributed by atoms with Crippen molar-refractivity contribution in [2.24, 2.45) is 7.05 Å². The fraction of sp³-hybridized carbons (Fsp3) is 0.583. The van der Waals surface area contributed by atoms with Crippen molar-refractivity contribution in [1.29, 1.82) is 0 Å². The number of likely N-dealkylation sites (tertiary alicyclic amines) is 1. The van der Waals surface area contributed by atoms with Crippen LogP contribution in [0.1, 0.15) is 24.4 Å². The predicted molar refractivity (Wildman–Crippen MR) is 73.0 cm³/mol. The largest absolute Gasteiger partial charge is 0.382 e. The van der Waals surface area contributed by atoms with Crippen LogP contribution in [-0.2, 0) is 19.2 Å². The highest BCUT2D eigenvalue weighted by Gasteiger charge is 2.37. The van der Waals surface area contributed by atoms with Crippen molar-refractivity contribution in [3.05, 3.63) is 29.1 Å². The SMILES string of the molecule is Cn1c(Cl)cnc1CN1CCCC(O)(c2cn[nH]n2)C1. The summed E-state index contributed by atoms with van der Waals surface area (Å²) in [6.45, 7) is 2.10. The number of rotatable bonds is 3. The van der Waals surface area contributed by atoms with Crippen LogP contribution in [0.5, 0.6) is 0 Å². The summed E-state index contributed by atoms with van der Waals surface area (Å²) in [4.78, 5) is 6.46. The van der Waals surface area contributed by atoms with E-state index in [0.29, 0.717) is 30.4 Å². The van der Waals surface area contributed by atoms with E-state index in [2.05, 4.69) is 25.3 Å². The zero-order valence-electron chi connectivity index (χ0n) is 11.3. The number of nitrogens with one attached hydrogen (secondary N) is 1. The molecule has 0 aromatic carbocycles. The van der Waals surface area contributed by atoms with Gasteiger partial charge in [-0.15, -0.1) is 0 Å². The lowest BCUT2D eigenvalue weighted by Crippen LogP contribution is -2.46. The van der Waals surface area contributed by atoms with Crippen molar-refractivity contribution >= 4 is 11.6 Å². The molecule has 1 aliphatic rings.